The minimum Gasteiger partial charge on any atom is -0.465 e. The first kappa shape index (κ1) is 11.7. The van der Waals surface area contributed by atoms with Gasteiger partial charge in [0.15, 0.2) is 5.82 Å². The third-order valence-electron chi connectivity index (χ3n) is 3.33. The molecule has 0 atom stereocenters. The first-order chi connectivity index (χ1) is 9.16. The van der Waals surface area contributed by atoms with Crippen LogP contribution in [0.4, 0.5) is 9.18 Å². The highest BCUT2D eigenvalue weighted by Crippen LogP contribution is 2.27. The van der Waals surface area contributed by atoms with Crippen molar-refractivity contribution < 1.29 is 14.3 Å². The molecule has 1 amide bonds. The van der Waals surface area contributed by atoms with Crippen LogP contribution in [0.25, 0.3) is 16.5 Å². The van der Waals surface area contributed by atoms with Gasteiger partial charge in [-0.15, -0.1) is 0 Å². The Labute approximate surface area is 108 Å². The number of nitrogens with zero attached hydrogens (tertiary/aromatic N) is 2. The van der Waals surface area contributed by atoms with Crippen molar-refractivity contribution in [1.82, 2.24) is 14.9 Å². The molecule has 3 heterocycles. The van der Waals surface area contributed by atoms with Crippen LogP contribution in [0.15, 0.2) is 24.5 Å². The summed E-state index contributed by atoms with van der Waals surface area (Å²) in [6.07, 6.45) is 4.51. The van der Waals surface area contributed by atoms with E-state index in [0.717, 1.165) is 5.57 Å². The Morgan fingerprint density at radius 2 is 2.37 bits per heavy atom. The smallest absolute Gasteiger partial charge is 0.407 e. The van der Waals surface area contributed by atoms with Crippen molar-refractivity contribution in [2.45, 2.75) is 6.42 Å². The minimum absolute atomic E-state index is 0.275. The molecule has 0 saturated carbocycles. The van der Waals surface area contributed by atoms with E-state index in [1.807, 2.05) is 0 Å². The van der Waals surface area contributed by atoms with Gasteiger partial charge in [-0.2, -0.15) is 0 Å². The highest BCUT2D eigenvalue weighted by molar-refractivity contribution is 5.83. The van der Waals surface area contributed by atoms with Gasteiger partial charge in [0.25, 0.3) is 0 Å². The minimum atomic E-state index is -0.954. The van der Waals surface area contributed by atoms with E-state index in [1.54, 1.807) is 24.5 Å². The molecule has 0 radical (unpaired) electrons. The number of hydrogen-bond donors (Lipinski definition) is 2. The second-order valence-corrected chi connectivity index (χ2v) is 4.43. The number of carboxylic acid groups (broad SMARTS) is 1. The van der Waals surface area contributed by atoms with Gasteiger partial charge in [-0.05, 0) is 18.1 Å². The van der Waals surface area contributed by atoms with Gasteiger partial charge in [-0.3, -0.25) is 4.98 Å². The highest BCUT2D eigenvalue weighted by atomic mass is 19.1. The molecule has 1 aliphatic rings. The molecule has 0 fully saturated rings. The summed E-state index contributed by atoms with van der Waals surface area (Å²) in [5, 5.41) is 9.37. The molecular formula is C13H12FN3O2. The molecule has 0 spiro atoms. The number of nitrogens with one attached hydrogen (secondary N) is 1. The van der Waals surface area contributed by atoms with Crippen LogP contribution in [0.2, 0.25) is 0 Å². The van der Waals surface area contributed by atoms with E-state index in [4.69, 9.17) is 5.11 Å². The van der Waals surface area contributed by atoms with Gasteiger partial charge < -0.3 is 15.0 Å². The fraction of sp³-hybridized carbons (Fsp3) is 0.231. The summed E-state index contributed by atoms with van der Waals surface area (Å²) < 4.78 is 14.3. The lowest BCUT2D eigenvalue weighted by Gasteiger charge is -2.23. The molecule has 0 aliphatic carbocycles. The summed E-state index contributed by atoms with van der Waals surface area (Å²) >= 11 is 0. The molecule has 5 nitrogen and oxygen atoms in total. The second kappa shape index (κ2) is 4.38. The molecular weight excluding hydrogens is 249 g/mol. The van der Waals surface area contributed by atoms with E-state index in [2.05, 4.69) is 9.97 Å². The van der Waals surface area contributed by atoms with Crippen LogP contribution in [-0.2, 0) is 0 Å². The van der Waals surface area contributed by atoms with E-state index in [9.17, 15) is 9.18 Å². The molecule has 2 aromatic rings. The summed E-state index contributed by atoms with van der Waals surface area (Å²) in [4.78, 5) is 19.1. The molecule has 0 unspecified atom stereocenters. The molecule has 0 saturated heterocycles. The molecule has 1 aliphatic heterocycles. The standard InChI is InChI=1S/C13H12FN3O2/c14-11-9-1-4-15-10(9)7-16-12(11)8-2-5-17(6-3-8)13(18)19/h1-2,4,7,15H,3,5-6H2,(H,18,19). The van der Waals surface area contributed by atoms with Crippen LogP contribution in [0.5, 0.6) is 0 Å². The molecule has 0 aromatic carbocycles. The summed E-state index contributed by atoms with van der Waals surface area (Å²) in [5.41, 5.74) is 1.74. The van der Waals surface area contributed by atoms with E-state index in [1.165, 1.54) is 4.90 Å². The number of aromatic nitrogens is 2. The Hall–Kier alpha value is -2.37. The first-order valence-electron chi connectivity index (χ1n) is 5.95. The maximum Gasteiger partial charge on any atom is 0.407 e. The van der Waals surface area contributed by atoms with Gasteiger partial charge in [-0.25, -0.2) is 9.18 Å². The summed E-state index contributed by atoms with van der Waals surface area (Å²) in [5.74, 6) is -0.353. The SMILES string of the molecule is O=C(O)N1CC=C(c2ncc3[nH]ccc3c2F)CC1. The summed E-state index contributed by atoms with van der Waals surface area (Å²) in [7, 11) is 0. The molecule has 2 N–H and O–H groups in total. The third-order valence-corrected chi connectivity index (χ3v) is 3.33. The molecule has 6 heteroatoms. The zero-order chi connectivity index (χ0) is 13.4. The van der Waals surface area contributed by atoms with Gasteiger partial charge in [0.05, 0.1) is 11.7 Å². The van der Waals surface area contributed by atoms with E-state index in [0.29, 0.717) is 29.6 Å². The summed E-state index contributed by atoms with van der Waals surface area (Å²) in [6.45, 7) is 0.643. The summed E-state index contributed by atoms with van der Waals surface area (Å²) in [6, 6.07) is 1.67. The Kier molecular flexibility index (Phi) is 2.70. The van der Waals surface area contributed by atoms with Crippen LogP contribution in [0, 0.1) is 5.82 Å². The molecule has 19 heavy (non-hydrogen) atoms. The lowest BCUT2D eigenvalue weighted by Crippen LogP contribution is -2.33. The maximum atomic E-state index is 14.3. The van der Waals surface area contributed by atoms with Crippen LogP contribution in [-0.4, -0.2) is 39.2 Å². The predicted molar refractivity (Wildman–Crippen MR) is 68.2 cm³/mol. The topological polar surface area (TPSA) is 69.2 Å². The van der Waals surface area contributed by atoms with E-state index in [-0.39, 0.29) is 12.4 Å². The zero-order valence-corrected chi connectivity index (χ0v) is 10.1. The Morgan fingerprint density at radius 1 is 1.53 bits per heavy atom. The van der Waals surface area contributed by atoms with Crippen LogP contribution in [0.1, 0.15) is 12.1 Å². The van der Waals surface area contributed by atoms with Gasteiger partial charge in [0, 0.05) is 24.7 Å². The lowest BCUT2D eigenvalue weighted by molar-refractivity contribution is 0.150. The van der Waals surface area contributed by atoms with Crippen LogP contribution >= 0.6 is 0 Å². The molecule has 2 aromatic heterocycles. The van der Waals surface area contributed by atoms with Crippen molar-refractivity contribution in [2.75, 3.05) is 13.1 Å². The Bertz CT molecular complexity index is 678. The van der Waals surface area contributed by atoms with Gasteiger partial charge in [0.2, 0.25) is 0 Å². The normalized spacial score (nSPS) is 15.6. The second-order valence-electron chi connectivity index (χ2n) is 4.43. The van der Waals surface area contributed by atoms with Gasteiger partial charge in [-0.1, -0.05) is 6.08 Å². The van der Waals surface area contributed by atoms with Gasteiger partial charge >= 0.3 is 6.09 Å². The number of carbonyl (C=O) groups is 1. The van der Waals surface area contributed by atoms with Crippen molar-refractivity contribution in [3.05, 3.63) is 36.0 Å². The van der Waals surface area contributed by atoms with E-state index < -0.39 is 6.09 Å². The number of halogens is 1. The predicted octanol–water partition coefficient (Wildman–Crippen LogP) is 2.47. The fourth-order valence-electron chi connectivity index (χ4n) is 2.28. The first-order valence-corrected chi connectivity index (χ1v) is 5.95. The lowest BCUT2D eigenvalue weighted by atomic mass is 10.0. The number of H-pyrrole nitrogens is 1. The third kappa shape index (κ3) is 1.95. The van der Waals surface area contributed by atoms with Crippen molar-refractivity contribution in [3.8, 4) is 0 Å². The fourth-order valence-corrected chi connectivity index (χ4v) is 2.28. The largest absolute Gasteiger partial charge is 0.465 e. The molecule has 3 rings (SSSR count). The molecule has 98 valence electrons. The van der Waals surface area contributed by atoms with Crippen molar-refractivity contribution in [3.63, 3.8) is 0 Å². The number of rotatable bonds is 1. The van der Waals surface area contributed by atoms with Crippen LogP contribution in [0.3, 0.4) is 0 Å². The Balaban J connectivity index is 1.97. The monoisotopic (exact) mass is 261 g/mol. The average molecular weight is 261 g/mol. The molecule has 0 bridgehead atoms. The number of fused-ring (bicyclic) bond motifs is 1. The zero-order valence-electron chi connectivity index (χ0n) is 10.1. The number of pyridine rings is 1. The maximum absolute atomic E-state index is 14.3. The number of aromatic amines is 1. The van der Waals surface area contributed by atoms with Crippen molar-refractivity contribution in [2.24, 2.45) is 0 Å². The number of amides is 1. The quantitative estimate of drug-likeness (QED) is 0.828. The van der Waals surface area contributed by atoms with E-state index >= 15 is 0 Å². The van der Waals surface area contributed by atoms with Crippen LogP contribution < -0.4 is 0 Å². The average Bonchev–Trinajstić information content (AvgIpc) is 2.88. The van der Waals surface area contributed by atoms with Crippen molar-refractivity contribution >= 4 is 22.6 Å². The van der Waals surface area contributed by atoms with Gasteiger partial charge in [0.1, 0.15) is 5.69 Å². The highest BCUT2D eigenvalue weighted by Gasteiger charge is 2.20. The Morgan fingerprint density at radius 3 is 3.05 bits per heavy atom. The van der Waals surface area contributed by atoms with Crippen molar-refractivity contribution in [1.29, 1.82) is 0 Å². The number of hydrogen-bond acceptors (Lipinski definition) is 2.